The average Bonchev–Trinajstić information content (AvgIpc) is 2.62. The first-order chi connectivity index (χ1) is 13.5. The lowest BCUT2D eigenvalue weighted by Gasteiger charge is -2.23. The van der Waals surface area contributed by atoms with Crippen molar-refractivity contribution in [1.29, 1.82) is 0 Å². The van der Waals surface area contributed by atoms with Gasteiger partial charge in [0.1, 0.15) is 17.4 Å². The van der Waals surface area contributed by atoms with Gasteiger partial charge in [0.25, 0.3) is 0 Å². The van der Waals surface area contributed by atoms with Crippen molar-refractivity contribution in [3.05, 3.63) is 59.7 Å². The highest BCUT2D eigenvalue weighted by Crippen LogP contribution is 2.15. The summed E-state index contributed by atoms with van der Waals surface area (Å²) in [6, 6.07) is 11.0. The lowest BCUT2D eigenvalue weighted by molar-refractivity contribution is -0.118. The van der Waals surface area contributed by atoms with Crippen LogP contribution < -0.4 is 10.6 Å². The van der Waals surface area contributed by atoms with Gasteiger partial charge in [-0.3, -0.25) is 4.79 Å². The Balaban J connectivity index is 2.15. The van der Waals surface area contributed by atoms with Crippen LogP contribution in [0.2, 0.25) is 0 Å². The van der Waals surface area contributed by atoms with Gasteiger partial charge in [-0.25, -0.2) is 9.59 Å². The number of carboxylic acids is 1. The zero-order valence-electron chi connectivity index (χ0n) is 16.4. The van der Waals surface area contributed by atoms with E-state index in [2.05, 4.69) is 10.6 Å². The summed E-state index contributed by atoms with van der Waals surface area (Å²) >= 11 is 0. The summed E-state index contributed by atoms with van der Waals surface area (Å²) in [6.45, 7) is 5.14. The molecule has 154 valence electrons. The molecule has 0 saturated carbocycles. The first kappa shape index (κ1) is 21.7. The Labute approximate surface area is 168 Å². The smallest absolute Gasteiger partial charge is 0.408 e. The van der Waals surface area contributed by atoms with Crippen molar-refractivity contribution in [2.45, 2.75) is 38.8 Å². The van der Waals surface area contributed by atoms with Gasteiger partial charge in [-0.05, 0) is 62.7 Å². The SMILES string of the molecule is CC(C)(C)OC(=O)N[C@@H](Cc1ccc(O)cc1)C(=O)Nc1ccc(C(=O)O)cc1. The Morgan fingerprint density at radius 3 is 2.10 bits per heavy atom. The molecule has 4 N–H and O–H groups in total. The third kappa shape index (κ3) is 7.17. The number of alkyl carbamates (subject to hydrolysis) is 1. The van der Waals surface area contributed by atoms with Crippen LogP contribution >= 0.6 is 0 Å². The lowest BCUT2D eigenvalue weighted by Crippen LogP contribution is -2.47. The summed E-state index contributed by atoms with van der Waals surface area (Å²) in [5.41, 5.74) is 0.480. The van der Waals surface area contributed by atoms with E-state index < -0.39 is 29.6 Å². The zero-order chi connectivity index (χ0) is 21.6. The minimum atomic E-state index is -1.07. The van der Waals surface area contributed by atoms with Crippen LogP contribution in [0, 0.1) is 0 Å². The molecule has 2 aromatic rings. The second kappa shape index (κ2) is 9.09. The van der Waals surface area contributed by atoms with Gasteiger partial charge in [0.05, 0.1) is 5.56 Å². The molecule has 0 radical (unpaired) electrons. The number of rotatable bonds is 6. The molecule has 29 heavy (non-hydrogen) atoms. The Bertz CT molecular complexity index is 870. The van der Waals surface area contributed by atoms with Crippen molar-refractivity contribution in [2.24, 2.45) is 0 Å². The molecule has 0 bridgehead atoms. The number of amides is 2. The summed E-state index contributed by atoms with van der Waals surface area (Å²) in [7, 11) is 0. The van der Waals surface area contributed by atoms with Crippen LogP contribution in [0.15, 0.2) is 48.5 Å². The van der Waals surface area contributed by atoms with Crippen LogP contribution in [0.25, 0.3) is 0 Å². The molecule has 0 aliphatic rings. The molecule has 0 fully saturated rings. The van der Waals surface area contributed by atoms with E-state index in [4.69, 9.17) is 9.84 Å². The van der Waals surface area contributed by atoms with Crippen molar-refractivity contribution >= 4 is 23.7 Å². The number of carbonyl (C=O) groups is 3. The molecule has 2 aromatic carbocycles. The van der Waals surface area contributed by atoms with Crippen molar-refractivity contribution in [2.75, 3.05) is 5.32 Å². The van der Waals surface area contributed by atoms with Crippen molar-refractivity contribution < 1.29 is 29.3 Å². The molecule has 8 nitrogen and oxygen atoms in total. The van der Waals surface area contributed by atoms with E-state index >= 15 is 0 Å². The molecule has 0 aromatic heterocycles. The summed E-state index contributed by atoms with van der Waals surface area (Å²) in [6.07, 6.45) is -0.573. The van der Waals surface area contributed by atoms with Gasteiger partial charge in [-0.2, -0.15) is 0 Å². The van der Waals surface area contributed by atoms with E-state index in [1.165, 1.54) is 36.4 Å². The topological polar surface area (TPSA) is 125 Å². The van der Waals surface area contributed by atoms with Crippen LogP contribution in [0.4, 0.5) is 10.5 Å². The number of nitrogens with one attached hydrogen (secondary N) is 2. The molecule has 2 amide bonds. The largest absolute Gasteiger partial charge is 0.508 e. The number of anilines is 1. The minimum absolute atomic E-state index is 0.0911. The molecule has 0 unspecified atom stereocenters. The van der Waals surface area contributed by atoms with Crippen LogP contribution in [0.1, 0.15) is 36.7 Å². The van der Waals surface area contributed by atoms with Crippen molar-refractivity contribution in [3.63, 3.8) is 0 Å². The number of ether oxygens (including phenoxy) is 1. The molecule has 0 saturated heterocycles. The maximum absolute atomic E-state index is 12.8. The second-order valence-electron chi connectivity index (χ2n) is 7.44. The number of aromatic hydroxyl groups is 1. The van der Waals surface area contributed by atoms with Crippen LogP contribution in [0.3, 0.4) is 0 Å². The fourth-order valence-electron chi connectivity index (χ4n) is 2.45. The Morgan fingerprint density at radius 1 is 1.00 bits per heavy atom. The number of hydrogen-bond donors (Lipinski definition) is 4. The molecular formula is C21H24N2O6. The first-order valence-electron chi connectivity index (χ1n) is 8.95. The average molecular weight is 400 g/mol. The fourth-order valence-corrected chi connectivity index (χ4v) is 2.45. The molecule has 0 aliphatic heterocycles. The standard InChI is InChI=1S/C21H24N2O6/c1-21(2,3)29-20(28)23-17(12-13-4-10-16(24)11-5-13)18(25)22-15-8-6-14(7-9-15)19(26)27/h4-11,17,24H,12H2,1-3H3,(H,22,25)(H,23,28)(H,26,27)/t17-/m0/s1. The van der Waals surface area contributed by atoms with Gasteiger partial charge in [0.15, 0.2) is 0 Å². The predicted molar refractivity (Wildman–Crippen MR) is 107 cm³/mol. The van der Waals surface area contributed by atoms with Crippen LogP contribution in [-0.4, -0.2) is 39.8 Å². The van der Waals surface area contributed by atoms with Crippen molar-refractivity contribution in [3.8, 4) is 5.75 Å². The van der Waals surface area contributed by atoms with Gasteiger partial charge < -0.3 is 25.6 Å². The van der Waals surface area contributed by atoms with E-state index in [0.29, 0.717) is 5.69 Å². The maximum atomic E-state index is 12.8. The molecular weight excluding hydrogens is 376 g/mol. The third-order valence-electron chi connectivity index (χ3n) is 3.78. The van der Waals surface area contributed by atoms with E-state index in [-0.39, 0.29) is 17.7 Å². The zero-order valence-corrected chi connectivity index (χ0v) is 16.4. The molecule has 0 spiro atoms. The quantitative estimate of drug-likeness (QED) is 0.590. The fraction of sp³-hybridized carbons (Fsp3) is 0.286. The second-order valence-corrected chi connectivity index (χ2v) is 7.44. The number of benzene rings is 2. The molecule has 0 heterocycles. The highest BCUT2D eigenvalue weighted by Gasteiger charge is 2.25. The van der Waals surface area contributed by atoms with Crippen LogP contribution in [-0.2, 0) is 16.0 Å². The van der Waals surface area contributed by atoms with Gasteiger partial charge in [-0.1, -0.05) is 12.1 Å². The number of hydrogen-bond acceptors (Lipinski definition) is 5. The van der Waals surface area contributed by atoms with Gasteiger partial charge >= 0.3 is 12.1 Å². The Hall–Kier alpha value is -3.55. The first-order valence-corrected chi connectivity index (χ1v) is 8.95. The van der Waals surface area contributed by atoms with E-state index in [1.54, 1.807) is 32.9 Å². The number of carbonyl (C=O) groups excluding carboxylic acids is 2. The van der Waals surface area contributed by atoms with Gasteiger partial charge in [0.2, 0.25) is 5.91 Å². The van der Waals surface area contributed by atoms with Crippen molar-refractivity contribution in [1.82, 2.24) is 5.32 Å². The van der Waals surface area contributed by atoms with E-state index in [0.717, 1.165) is 5.56 Å². The Morgan fingerprint density at radius 2 is 1.59 bits per heavy atom. The number of carboxylic acid groups (broad SMARTS) is 1. The van der Waals surface area contributed by atoms with Gasteiger partial charge in [0, 0.05) is 12.1 Å². The van der Waals surface area contributed by atoms with E-state index in [9.17, 15) is 19.5 Å². The predicted octanol–water partition coefficient (Wildman–Crippen LogP) is 3.16. The molecule has 0 aliphatic carbocycles. The van der Waals surface area contributed by atoms with Crippen LogP contribution in [0.5, 0.6) is 5.75 Å². The highest BCUT2D eigenvalue weighted by molar-refractivity contribution is 5.97. The minimum Gasteiger partial charge on any atom is -0.508 e. The third-order valence-corrected chi connectivity index (χ3v) is 3.78. The lowest BCUT2D eigenvalue weighted by atomic mass is 10.0. The summed E-state index contributed by atoms with van der Waals surface area (Å²) in [5, 5.41) is 23.6. The number of aromatic carboxylic acids is 1. The highest BCUT2D eigenvalue weighted by atomic mass is 16.6. The summed E-state index contributed by atoms with van der Waals surface area (Å²) in [5.74, 6) is -1.47. The van der Waals surface area contributed by atoms with E-state index in [1.807, 2.05) is 0 Å². The molecule has 2 rings (SSSR count). The number of phenols is 1. The normalized spacial score (nSPS) is 12.0. The molecule has 1 atom stereocenters. The van der Waals surface area contributed by atoms with Gasteiger partial charge in [-0.15, -0.1) is 0 Å². The maximum Gasteiger partial charge on any atom is 0.408 e. The Kier molecular flexibility index (Phi) is 6.82. The monoisotopic (exact) mass is 400 g/mol. The summed E-state index contributed by atoms with van der Waals surface area (Å²) in [4.78, 5) is 35.9. The number of phenolic OH excluding ortho intramolecular Hbond substituents is 1. The molecule has 8 heteroatoms. The summed E-state index contributed by atoms with van der Waals surface area (Å²) < 4.78 is 5.23.